The van der Waals surface area contributed by atoms with Crippen molar-refractivity contribution in [2.45, 2.75) is 32.9 Å². The van der Waals surface area contributed by atoms with E-state index in [-0.39, 0.29) is 18.8 Å². The van der Waals surface area contributed by atoms with Gasteiger partial charge in [-0.2, -0.15) is 0 Å². The minimum Gasteiger partial charge on any atom is -0.480 e. The SMILES string of the molecule is CC(C)OC(=O)COc1ccc(C(C)N)cc1Cl. The van der Waals surface area contributed by atoms with E-state index >= 15 is 0 Å². The van der Waals surface area contributed by atoms with Crippen LogP contribution in [0.5, 0.6) is 5.75 Å². The Bertz CT molecular complexity index is 419. The van der Waals surface area contributed by atoms with Crippen molar-refractivity contribution in [1.29, 1.82) is 0 Å². The molecule has 0 fully saturated rings. The van der Waals surface area contributed by atoms with Gasteiger partial charge in [0, 0.05) is 6.04 Å². The van der Waals surface area contributed by atoms with Gasteiger partial charge >= 0.3 is 5.97 Å². The van der Waals surface area contributed by atoms with Gasteiger partial charge in [-0.05, 0) is 38.5 Å². The number of ether oxygens (including phenoxy) is 2. The van der Waals surface area contributed by atoms with Crippen LogP contribution in [0.15, 0.2) is 18.2 Å². The van der Waals surface area contributed by atoms with Crippen LogP contribution < -0.4 is 10.5 Å². The maximum Gasteiger partial charge on any atom is 0.344 e. The molecule has 0 aliphatic rings. The minimum absolute atomic E-state index is 0.0949. The molecule has 100 valence electrons. The molecule has 0 aliphatic heterocycles. The van der Waals surface area contributed by atoms with Crippen LogP contribution in [0.1, 0.15) is 32.4 Å². The molecular formula is C13H18ClNO3. The Morgan fingerprint density at radius 1 is 1.39 bits per heavy atom. The predicted octanol–water partition coefficient (Wildman–Crippen LogP) is 2.69. The van der Waals surface area contributed by atoms with Crippen molar-refractivity contribution in [2.24, 2.45) is 5.73 Å². The minimum atomic E-state index is -0.419. The summed E-state index contributed by atoms with van der Waals surface area (Å²) in [4.78, 5) is 11.3. The maximum absolute atomic E-state index is 11.3. The molecule has 0 spiro atoms. The fourth-order valence-electron chi connectivity index (χ4n) is 1.35. The number of hydrogen-bond donors (Lipinski definition) is 1. The van der Waals surface area contributed by atoms with E-state index in [1.165, 1.54) is 0 Å². The number of rotatable bonds is 5. The molecule has 0 heterocycles. The zero-order valence-corrected chi connectivity index (χ0v) is 11.5. The highest BCUT2D eigenvalue weighted by Gasteiger charge is 2.10. The van der Waals surface area contributed by atoms with Crippen LogP contribution in [0.2, 0.25) is 5.02 Å². The van der Waals surface area contributed by atoms with Crippen molar-refractivity contribution in [2.75, 3.05) is 6.61 Å². The molecule has 18 heavy (non-hydrogen) atoms. The first kappa shape index (κ1) is 14.8. The third-order valence-electron chi connectivity index (χ3n) is 2.19. The van der Waals surface area contributed by atoms with Gasteiger partial charge in [0.1, 0.15) is 5.75 Å². The second-order valence-electron chi connectivity index (χ2n) is 4.31. The number of nitrogens with two attached hydrogens (primary N) is 1. The largest absolute Gasteiger partial charge is 0.480 e. The highest BCUT2D eigenvalue weighted by molar-refractivity contribution is 6.32. The monoisotopic (exact) mass is 271 g/mol. The topological polar surface area (TPSA) is 61.5 Å². The molecule has 0 saturated heterocycles. The van der Waals surface area contributed by atoms with Gasteiger partial charge in [-0.15, -0.1) is 0 Å². The lowest BCUT2D eigenvalue weighted by Crippen LogP contribution is -2.18. The molecule has 0 bridgehead atoms. The number of carbonyl (C=O) groups excluding carboxylic acids is 1. The highest BCUT2D eigenvalue weighted by Crippen LogP contribution is 2.27. The maximum atomic E-state index is 11.3. The van der Waals surface area contributed by atoms with E-state index in [4.69, 9.17) is 26.8 Å². The Labute approximate surface area is 112 Å². The lowest BCUT2D eigenvalue weighted by atomic mass is 10.1. The standard InChI is InChI=1S/C13H18ClNO3/c1-8(2)18-13(16)7-17-12-5-4-10(9(3)15)6-11(12)14/h4-6,8-9H,7,15H2,1-3H3. The first-order chi connectivity index (χ1) is 8.40. The molecule has 0 aliphatic carbocycles. The average Bonchev–Trinajstić information content (AvgIpc) is 2.26. The van der Waals surface area contributed by atoms with E-state index < -0.39 is 5.97 Å². The van der Waals surface area contributed by atoms with Gasteiger partial charge in [-0.25, -0.2) is 4.79 Å². The van der Waals surface area contributed by atoms with Gasteiger partial charge in [0.2, 0.25) is 0 Å². The highest BCUT2D eigenvalue weighted by atomic mass is 35.5. The fourth-order valence-corrected chi connectivity index (χ4v) is 1.59. The van der Waals surface area contributed by atoms with Gasteiger partial charge in [-0.1, -0.05) is 17.7 Å². The Hall–Kier alpha value is -1.26. The van der Waals surface area contributed by atoms with E-state index in [2.05, 4.69) is 0 Å². The second kappa shape index (κ2) is 6.61. The summed E-state index contributed by atoms with van der Waals surface area (Å²) in [5.74, 6) is 0.0270. The van der Waals surface area contributed by atoms with Crippen LogP contribution in [0.4, 0.5) is 0 Å². The van der Waals surface area contributed by atoms with Gasteiger partial charge in [-0.3, -0.25) is 0 Å². The summed E-state index contributed by atoms with van der Waals surface area (Å²) in [5, 5.41) is 0.433. The lowest BCUT2D eigenvalue weighted by molar-refractivity contribution is -0.149. The average molecular weight is 272 g/mol. The molecule has 5 heteroatoms. The third-order valence-corrected chi connectivity index (χ3v) is 2.49. The summed E-state index contributed by atoms with van der Waals surface area (Å²) in [6.07, 6.45) is -0.156. The molecule has 1 unspecified atom stereocenters. The van der Waals surface area contributed by atoms with Gasteiger partial charge in [0.05, 0.1) is 11.1 Å². The van der Waals surface area contributed by atoms with Crippen molar-refractivity contribution >= 4 is 17.6 Å². The Kier molecular flexibility index (Phi) is 5.44. The van der Waals surface area contributed by atoms with E-state index in [0.29, 0.717) is 10.8 Å². The van der Waals surface area contributed by atoms with Crippen LogP contribution in [0.25, 0.3) is 0 Å². The number of benzene rings is 1. The van der Waals surface area contributed by atoms with Crippen molar-refractivity contribution in [3.63, 3.8) is 0 Å². The molecule has 1 rings (SSSR count). The zero-order chi connectivity index (χ0) is 13.7. The smallest absolute Gasteiger partial charge is 0.344 e. The molecule has 0 aromatic heterocycles. The Morgan fingerprint density at radius 2 is 2.06 bits per heavy atom. The molecule has 1 aromatic carbocycles. The van der Waals surface area contributed by atoms with Crippen LogP contribution in [0.3, 0.4) is 0 Å². The van der Waals surface area contributed by atoms with E-state index in [1.54, 1.807) is 26.0 Å². The summed E-state index contributed by atoms with van der Waals surface area (Å²) in [6.45, 7) is 5.27. The molecule has 0 saturated carbocycles. The van der Waals surface area contributed by atoms with Crippen LogP contribution >= 0.6 is 11.6 Å². The number of hydrogen-bond acceptors (Lipinski definition) is 4. The van der Waals surface area contributed by atoms with Crippen LogP contribution in [-0.4, -0.2) is 18.7 Å². The predicted molar refractivity (Wildman–Crippen MR) is 70.8 cm³/mol. The first-order valence-electron chi connectivity index (χ1n) is 5.77. The van der Waals surface area contributed by atoms with Crippen LogP contribution in [-0.2, 0) is 9.53 Å². The number of carbonyl (C=O) groups is 1. The Balaban J connectivity index is 2.60. The first-order valence-corrected chi connectivity index (χ1v) is 6.15. The molecule has 4 nitrogen and oxygen atoms in total. The van der Waals surface area contributed by atoms with E-state index in [9.17, 15) is 4.79 Å². The van der Waals surface area contributed by atoms with Crippen molar-refractivity contribution in [3.8, 4) is 5.75 Å². The molecular weight excluding hydrogens is 254 g/mol. The molecule has 2 N–H and O–H groups in total. The summed E-state index contributed by atoms with van der Waals surface area (Å²) in [7, 11) is 0. The van der Waals surface area contributed by atoms with Crippen LogP contribution in [0, 0.1) is 0 Å². The van der Waals surface area contributed by atoms with Crippen molar-refractivity contribution in [1.82, 2.24) is 0 Å². The molecule has 0 radical (unpaired) electrons. The molecule has 1 atom stereocenters. The van der Waals surface area contributed by atoms with Crippen molar-refractivity contribution < 1.29 is 14.3 Å². The number of esters is 1. The van der Waals surface area contributed by atoms with Crippen molar-refractivity contribution in [3.05, 3.63) is 28.8 Å². The van der Waals surface area contributed by atoms with Gasteiger partial charge in [0.15, 0.2) is 6.61 Å². The fraction of sp³-hybridized carbons (Fsp3) is 0.462. The summed E-state index contributed by atoms with van der Waals surface area (Å²) < 4.78 is 10.2. The quantitative estimate of drug-likeness (QED) is 0.837. The summed E-state index contributed by atoms with van der Waals surface area (Å²) in [5.41, 5.74) is 6.65. The normalized spacial score (nSPS) is 12.3. The number of halogens is 1. The van der Waals surface area contributed by atoms with Gasteiger partial charge in [0.25, 0.3) is 0 Å². The summed E-state index contributed by atoms with van der Waals surface area (Å²) in [6, 6.07) is 5.15. The zero-order valence-electron chi connectivity index (χ0n) is 10.8. The third kappa shape index (κ3) is 4.55. The summed E-state index contributed by atoms with van der Waals surface area (Å²) >= 11 is 6.03. The lowest BCUT2D eigenvalue weighted by Gasteiger charge is -2.12. The van der Waals surface area contributed by atoms with E-state index in [1.807, 2.05) is 13.0 Å². The van der Waals surface area contributed by atoms with E-state index in [0.717, 1.165) is 5.56 Å². The molecule has 0 amide bonds. The molecule has 1 aromatic rings. The second-order valence-corrected chi connectivity index (χ2v) is 4.71. The Morgan fingerprint density at radius 3 is 2.56 bits per heavy atom. The van der Waals surface area contributed by atoms with Gasteiger partial charge < -0.3 is 15.2 Å².